The molecule has 4 N–H and O–H groups in total. The van der Waals surface area contributed by atoms with Crippen LogP contribution in [-0.2, 0) is 0 Å². The van der Waals surface area contributed by atoms with Crippen LogP contribution in [0.15, 0.2) is 45.9 Å². The SMILES string of the molecule is NC(=S)N/N=C\c1ccc(O)c2oc3ccccc3c12. The van der Waals surface area contributed by atoms with E-state index in [2.05, 4.69) is 22.7 Å². The van der Waals surface area contributed by atoms with Gasteiger partial charge in [-0.2, -0.15) is 5.10 Å². The van der Waals surface area contributed by atoms with Crippen molar-refractivity contribution in [3.63, 3.8) is 0 Å². The number of aromatic hydroxyl groups is 1. The number of nitrogens with zero attached hydrogens (tertiary/aromatic N) is 1. The molecule has 0 amide bonds. The Morgan fingerprint density at radius 1 is 1.30 bits per heavy atom. The van der Waals surface area contributed by atoms with Crippen LogP contribution >= 0.6 is 12.2 Å². The fourth-order valence-electron chi connectivity index (χ4n) is 2.11. The molecule has 0 atom stereocenters. The van der Waals surface area contributed by atoms with Gasteiger partial charge in [-0.05, 0) is 30.4 Å². The van der Waals surface area contributed by atoms with Gasteiger partial charge in [0.25, 0.3) is 0 Å². The normalized spacial score (nSPS) is 11.4. The van der Waals surface area contributed by atoms with Crippen molar-refractivity contribution < 1.29 is 9.52 Å². The fraction of sp³-hybridized carbons (Fsp3) is 0. The zero-order valence-corrected chi connectivity index (χ0v) is 11.1. The summed E-state index contributed by atoms with van der Waals surface area (Å²) < 4.78 is 5.67. The van der Waals surface area contributed by atoms with E-state index in [1.807, 2.05) is 24.3 Å². The number of phenols is 1. The van der Waals surface area contributed by atoms with Crippen molar-refractivity contribution >= 4 is 45.5 Å². The quantitative estimate of drug-likeness (QED) is 0.383. The molecule has 1 heterocycles. The molecule has 0 unspecified atom stereocenters. The Kier molecular flexibility index (Phi) is 3.00. The zero-order chi connectivity index (χ0) is 14.1. The highest BCUT2D eigenvalue weighted by molar-refractivity contribution is 7.80. The van der Waals surface area contributed by atoms with E-state index in [1.54, 1.807) is 18.3 Å². The second-order valence-electron chi connectivity index (χ2n) is 4.21. The Balaban J connectivity index is 2.24. The highest BCUT2D eigenvalue weighted by Crippen LogP contribution is 2.35. The molecule has 0 saturated heterocycles. The lowest BCUT2D eigenvalue weighted by Gasteiger charge is -1.99. The standard InChI is InChI=1S/C14H11N3O2S/c15-14(20)17-16-7-8-5-6-10(18)13-12(8)9-3-1-2-4-11(9)19-13/h1-7,18H,(H3,15,17,20)/b16-7-. The minimum absolute atomic E-state index is 0.0910. The number of nitrogens with one attached hydrogen (secondary N) is 1. The van der Waals surface area contributed by atoms with Gasteiger partial charge in [0.1, 0.15) is 5.58 Å². The lowest BCUT2D eigenvalue weighted by molar-refractivity contribution is 0.468. The first-order chi connectivity index (χ1) is 9.66. The topological polar surface area (TPSA) is 83.8 Å². The van der Waals surface area contributed by atoms with Crippen LogP contribution in [-0.4, -0.2) is 16.4 Å². The Labute approximate surface area is 119 Å². The van der Waals surface area contributed by atoms with E-state index in [1.165, 1.54) is 0 Å². The van der Waals surface area contributed by atoms with E-state index in [-0.39, 0.29) is 10.9 Å². The molecule has 100 valence electrons. The molecule has 2 aromatic carbocycles. The number of hydrazone groups is 1. The Hall–Kier alpha value is -2.60. The van der Waals surface area contributed by atoms with Crippen molar-refractivity contribution in [2.75, 3.05) is 0 Å². The van der Waals surface area contributed by atoms with Crippen molar-refractivity contribution in [2.24, 2.45) is 10.8 Å². The van der Waals surface area contributed by atoms with E-state index < -0.39 is 0 Å². The summed E-state index contributed by atoms with van der Waals surface area (Å²) in [5, 5.41) is 15.7. The van der Waals surface area contributed by atoms with Crippen LogP contribution in [0.4, 0.5) is 0 Å². The smallest absolute Gasteiger partial charge is 0.184 e. The van der Waals surface area contributed by atoms with Crippen molar-refractivity contribution in [2.45, 2.75) is 0 Å². The van der Waals surface area contributed by atoms with E-state index in [9.17, 15) is 5.11 Å². The molecule has 3 aromatic rings. The molecule has 0 spiro atoms. The van der Waals surface area contributed by atoms with Crippen molar-refractivity contribution in [1.82, 2.24) is 5.43 Å². The van der Waals surface area contributed by atoms with Gasteiger partial charge in [0.15, 0.2) is 16.4 Å². The maximum absolute atomic E-state index is 9.92. The minimum Gasteiger partial charge on any atom is -0.504 e. The number of nitrogens with two attached hydrogens (primary N) is 1. The Morgan fingerprint density at radius 3 is 2.90 bits per heavy atom. The number of hydrogen-bond donors (Lipinski definition) is 3. The number of phenolic OH excluding ortho intramolecular Hbond substituents is 1. The van der Waals surface area contributed by atoms with Crippen molar-refractivity contribution in [1.29, 1.82) is 0 Å². The van der Waals surface area contributed by atoms with Gasteiger partial charge in [-0.3, -0.25) is 5.43 Å². The third-order valence-corrected chi connectivity index (χ3v) is 3.01. The third kappa shape index (κ3) is 2.06. The van der Waals surface area contributed by atoms with Crippen molar-refractivity contribution in [3.05, 3.63) is 42.0 Å². The molecule has 0 bridgehead atoms. The van der Waals surface area contributed by atoms with Gasteiger partial charge < -0.3 is 15.3 Å². The molecular formula is C14H11N3O2S. The van der Waals surface area contributed by atoms with Gasteiger partial charge in [-0.1, -0.05) is 18.2 Å². The first-order valence-electron chi connectivity index (χ1n) is 5.88. The molecule has 0 fully saturated rings. The lowest BCUT2D eigenvalue weighted by atomic mass is 10.1. The average Bonchev–Trinajstić information content (AvgIpc) is 2.82. The van der Waals surface area contributed by atoms with Gasteiger partial charge >= 0.3 is 0 Å². The summed E-state index contributed by atoms with van der Waals surface area (Å²) in [4.78, 5) is 0. The molecule has 1 aromatic heterocycles. The van der Waals surface area contributed by atoms with Crippen LogP contribution in [0.2, 0.25) is 0 Å². The number of furan rings is 1. The molecule has 3 rings (SSSR count). The Morgan fingerprint density at radius 2 is 2.10 bits per heavy atom. The van der Waals surface area contributed by atoms with Gasteiger partial charge in [0.2, 0.25) is 0 Å². The minimum atomic E-state index is 0.0910. The van der Waals surface area contributed by atoms with Gasteiger partial charge in [-0.25, -0.2) is 0 Å². The van der Waals surface area contributed by atoms with E-state index in [0.717, 1.165) is 16.3 Å². The molecule has 6 heteroatoms. The molecule has 0 aliphatic carbocycles. The highest BCUT2D eigenvalue weighted by atomic mass is 32.1. The van der Waals surface area contributed by atoms with Crippen LogP contribution in [0.25, 0.3) is 21.9 Å². The first kappa shape index (κ1) is 12.4. The molecule has 0 aliphatic rings. The number of hydrogen-bond acceptors (Lipinski definition) is 4. The van der Waals surface area contributed by atoms with Crippen molar-refractivity contribution in [3.8, 4) is 5.75 Å². The largest absolute Gasteiger partial charge is 0.504 e. The maximum atomic E-state index is 9.92. The summed E-state index contributed by atoms with van der Waals surface area (Å²) in [7, 11) is 0. The summed E-state index contributed by atoms with van der Waals surface area (Å²) in [5.74, 6) is 0.0932. The molecule has 5 nitrogen and oxygen atoms in total. The summed E-state index contributed by atoms with van der Waals surface area (Å²) in [6, 6.07) is 10.9. The van der Waals surface area contributed by atoms with Crippen LogP contribution in [0.1, 0.15) is 5.56 Å². The predicted molar refractivity (Wildman–Crippen MR) is 82.9 cm³/mol. The summed E-state index contributed by atoms with van der Waals surface area (Å²) >= 11 is 4.68. The lowest BCUT2D eigenvalue weighted by Crippen LogP contribution is -2.23. The zero-order valence-electron chi connectivity index (χ0n) is 10.3. The van der Waals surface area contributed by atoms with E-state index in [4.69, 9.17) is 10.2 Å². The second-order valence-corrected chi connectivity index (χ2v) is 4.65. The average molecular weight is 285 g/mol. The van der Waals surface area contributed by atoms with E-state index >= 15 is 0 Å². The Bertz CT molecular complexity index is 839. The van der Waals surface area contributed by atoms with Gasteiger partial charge in [0.05, 0.1) is 6.21 Å². The third-order valence-electron chi connectivity index (χ3n) is 2.92. The van der Waals surface area contributed by atoms with Crippen LogP contribution in [0.5, 0.6) is 5.75 Å². The molecule has 0 aliphatic heterocycles. The van der Waals surface area contributed by atoms with Crippen LogP contribution in [0.3, 0.4) is 0 Å². The number of para-hydroxylation sites is 1. The van der Waals surface area contributed by atoms with Gasteiger partial charge in [0, 0.05) is 16.3 Å². The molecule has 0 radical (unpaired) electrons. The summed E-state index contributed by atoms with van der Waals surface area (Å²) in [5.41, 5.74) is 9.75. The number of thiocarbonyl (C=S) groups is 1. The monoisotopic (exact) mass is 285 g/mol. The van der Waals surface area contributed by atoms with E-state index in [0.29, 0.717) is 11.2 Å². The molecule has 0 saturated carbocycles. The number of rotatable bonds is 2. The summed E-state index contributed by atoms with van der Waals surface area (Å²) in [6.45, 7) is 0. The highest BCUT2D eigenvalue weighted by Gasteiger charge is 2.13. The molecular weight excluding hydrogens is 274 g/mol. The predicted octanol–water partition coefficient (Wildman–Crippen LogP) is 2.46. The van der Waals surface area contributed by atoms with Crippen LogP contribution in [0, 0.1) is 0 Å². The first-order valence-corrected chi connectivity index (χ1v) is 6.29. The van der Waals surface area contributed by atoms with Crippen LogP contribution < -0.4 is 11.2 Å². The molecule has 20 heavy (non-hydrogen) atoms. The van der Waals surface area contributed by atoms with Gasteiger partial charge in [-0.15, -0.1) is 0 Å². The maximum Gasteiger partial charge on any atom is 0.184 e. The number of fused-ring (bicyclic) bond motifs is 3. The fourth-order valence-corrected chi connectivity index (χ4v) is 2.17. The number of benzene rings is 2. The second kappa shape index (κ2) is 4.82. The summed E-state index contributed by atoms with van der Waals surface area (Å²) in [6.07, 6.45) is 1.59.